The molecule has 0 saturated carbocycles. The summed E-state index contributed by atoms with van der Waals surface area (Å²) >= 11 is 0. The van der Waals surface area contributed by atoms with Crippen LogP contribution in [0.4, 0.5) is 4.79 Å². The fraction of sp³-hybridized carbons (Fsp3) is 0.583. The third-order valence-electron chi connectivity index (χ3n) is 2.37. The molecule has 1 heterocycles. The van der Waals surface area contributed by atoms with Crippen molar-refractivity contribution < 1.29 is 29.0 Å². The van der Waals surface area contributed by atoms with Crippen molar-refractivity contribution in [2.45, 2.75) is 13.0 Å². The zero-order valence-corrected chi connectivity index (χ0v) is 11.2. The van der Waals surface area contributed by atoms with E-state index in [0.717, 1.165) is 12.2 Å². The maximum atomic E-state index is 11.3. The van der Waals surface area contributed by atoms with Crippen LogP contribution >= 0.6 is 0 Å². The van der Waals surface area contributed by atoms with Crippen LogP contribution in [0.1, 0.15) is 6.92 Å². The predicted molar refractivity (Wildman–Crippen MR) is 67.7 cm³/mol. The molecule has 2 N–H and O–H groups in total. The van der Waals surface area contributed by atoms with Crippen molar-refractivity contribution >= 4 is 18.0 Å². The van der Waals surface area contributed by atoms with E-state index in [2.05, 4.69) is 10.1 Å². The molecule has 8 heteroatoms. The molecule has 112 valence electrons. The monoisotopic (exact) mass is 286 g/mol. The lowest BCUT2D eigenvalue weighted by Gasteiger charge is -2.13. The van der Waals surface area contributed by atoms with E-state index in [4.69, 9.17) is 9.84 Å². The Kier molecular flexibility index (Phi) is 6.51. The normalized spacial score (nSPS) is 16.1. The van der Waals surface area contributed by atoms with Crippen LogP contribution < -0.4 is 5.32 Å². The first-order chi connectivity index (χ1) is 9.49. The quantitative estimate of drug-likeness (QED) is 0.461. The number of ether oxygens (including phenoxy) is 2. The van der Waals surface area contributed by atoms with Gasteiger partial charge < -0.3 is 24.8 Å². The van der Waals surface area contributed by atoms with Crippen LogP contribution in [0.5, 0.6) is 0 Å². The van der Waals surface area contributed by atoms with Gasteiger partial charge in [-0.2, -0.15) is 0 Å². The second kappa shape index (κ2) is 8.16. The molecule has 1 rings (SSSR count). The Morgan fingerprint density at radius 1 is 1.40 bits per heavy atom. The van der Waals surface area contributed by atoms with E-state index >= 15 is 0 Å². The maximum absolute atomic E-state index is 11.3. The van der Waals surface area contributed by atoms with Crippen LogP contribution in [0.2, 0.25) is 0 Å². The molecule has 0 bridgehead atoms. The number of carbonyl (C=O) groups is 3. The van der Waals surface area contributed by atoms with Gasteiger partial charge in [-0.3, -0.25) is 0 Å². The Balaban J connectivity index is 2.16. The van der Waals surface area contributed by atoms with Gasteiger partial charge in [0.15, 0.2) is 0 Å². The van der Waals surface area contributed by atoms with Crippen LogP contribution in [-0.4, -0.2) is 66.9 Å². The molecule has 0 spiro atoms. The molecule has 0 aromatic heterocycles. The average Bonchev–Trinajstić information content (AvgIpc) is 2.79. The van der Waals surface area contributed by atoms with Gasteiger partial charge in [-0.25, -0.2) is 14.4 Å². The molecule has 1 aliphatic heterocycles. The number of carbonyl (C=O) groups excluding carboxylic acids is 3. The van der Waals surface area contributed by atoms with E-state index in [-0.39, 0.29) is 19.2 Å². The van der Waals surface area contributed by atoms with E-state index in [0.29, 0.717) is 19.6 Å². The van der Waals surface area contributed by atoms with Crippen LogP contribution in [0.3, 0.4) is 0 Å². The lowest BCUT2D eigenvalue weighted by molar-refractivity contribution is -0.142. The van der Waals surface area contributed by atoms with Gasteiger partial charge in [0.25, 0.3) is 0 Å². The second-order valence-corrected chi connectivity index (χ2v) is 4.20. The zero-order chi connectivity index (χ0) is 15.0. The number of nitrogens with zero attached hydrogens (tertiary/aromatic N) is 1. The minimum Gasteiger partial charge on any atom is -0.461 e. The summed E-state index contributed by atoms with van der Waals surface area (Å²) in [5.41, 5.74) is 0. The summed E-state index contributed by atoms with van der Waals surface area (Å²) in [6, 6.07) is -0.182. The predicted octanol–water partition coefficient (Wildman–Crippen LogP) is -0.965. The lowest BCUT2D eigenvalue weighted by atomic mass is 10.4. The Morgan fingerprint density at radius 3 is 2.60 bits per heavy atom. The number of amides is 2. The average molecular weight is 286 g/mol. The molecule has 2 amide bonds. The third kappa shape index (κ3) is 6.19. The minimum absolute atomic E-state index is 0.0549. The maximum Gasteiger partial charge on any atom is 0.331 e. The highest BCUT2D eigenvalue weighted by molar-refractivity contribution is 5.91. The smallest absolute Gasteiger partial charge is 0.331 e. The Hall–Kier alpha value is -2.09. The molecule has 1 fully saturated rings. The van der Waals surface area contributed by atoms with Gasteiger partial charge in [-0.1, -0.05) is 0 Å². The summed E-state index contributed by atoms with van der Waals surface area (Å²) in [6.45, 7) is 2.86. The van der Waals surface area contributed by atoms with Crippen LogP contribution in [0.25, 0.3) is 0 Å². The van der Waals surface area contributed by atoms with Gasteiger partial charge in [0.2, 0.25) is 0 Å². The van der Waals surface area contributed by atoms with Crippen LogP contribution in [0.15, 0.2) is 12.2 Å². The molecule has 0 aromatic carbocycles. The molecular formula is C12H18N2O6. The number of aliphatic hydroxyl groups is 1. The third-order valence-corrected chi connectivity index (χ3v) is 2.37. The number of hydrogen-bond donors (Lipinski definition) is 2. The van der Waals surface area contributed by atoms with E-state index < -0.39 is 18.0 Å². The van der Waals surface area contributed by atoms with E-state index in [1.807, 2.05) is 0 Å². The Morgan fingerprint density at radius 2 is 2.05 bits per heavy atom. The molecule has 1 atom stereocenters. The van der Waals surface area contributed by atoms with Crippen LogP contribution in [-0.2, 0) is 19.1 Å². The fourth-order valence-electron chi connectivity index (χ4n) is 1.42. The summed E-state index contributed by atoms with van der Waals surface area (Å²) < 4.78 is 9.43. The van der Waals surface area contributed by atoms with Gasteiger partial charge in [0.1, 0.15) is 13.2 Å². The molecule has 1 unspecified atom stereocenters. The van der Waals surface area contributed by atoms with Crippen molar-refractivity contribution in [1.29, 1.82) is 0 Å². The van der Waals surface area contributed by atoms with Crippen molar-refractivity contribution in [3.63, 3.8) is 0 Å². The number of nitrogens with one attached hydrogen (secondary N) is 1. The van der Waals surface area contributed by atoms with Crippen molar-refractivity contribution in [3.05, 3.63) is 12.2 Å². The van der Waals surface area contributed by atoms with Gasteiger partial charge in [0.05, 0.1) is 12.6 Å². The zero-order valence-electron chi connectivity index (χ0n) is 11.2. The number of rotatable bonds is 7. The van der Waals surface area contributed by atoms with Gasteiger partial charge >= 0.3 is 18.0 Å². The summed E-state index contributed by atoms with van der Waals surface area (Å²) in [7, 11) is 0. The van der Waals surface area contributed by atoms with Crippen molar-refractivity contribution in [2.75, 3.05) is 32.8 Å². The van der Waals surface area contributed by atoms with Gasteiger partial charge in [-0.15, -0.1) is 0 Å². The minimum atomic E-state index is -0.758. The molecule has 0 aromatic rings. The Bertz CT molecular complexity index is 393. The topological polar surface area (TPSA) is 105 Å². The first-order valence-corrected chi connectivity index (χ1v) is 6.21. The number of esters is 2. The highest BCUT2D eigenvalue weighted by atomic mass is 16.5. The van der Waals surface area contributed by atoms with E-state index in [1.165, 1.54) is 11.8 Å². The highest BCUT2D eigenvalue weighted by Gasteiger charge is 2.18. The van der Waals surface area contributed by atoms with Crippen LogP contribution in [0, 0.1) is 0 Å². The van der Waals surface area contributed by atoms with Gasteiger partial charge in [0, 0.05) is 25.2 Å². The highest BCUT2D eigenvalue weighted by Crippen LogP contribution is 1.96. The summed E-state index contributed by atoms with van der Waals surface area (Å²) in [4.78, 5) is 35.0. The lowest BCUT2D eigenvalue weighted by Crippen LogP contribution is -2.31. The second-order valence-electron chi connectivity index (χ2n) is 4.20. The summed E-state index contributed by atoms with van der Waals surface area (Å²) in [5.74, 6) is -1.43. The molecular weight excluding hydrogens is 268 g/mol. The molecule has 1 aliphatic rings. The van der Waals surface area contributed by atoms with Crippen molar-refractivity contribution in [3.8, 4) is 0 Å². The van der Waals surface area contributed by atoms with Crippen molar-refractivity contribution in [2.24, 2.45) is 0 Å². The SMILES string of the molecule is CC(O)COC(=O)/C=C\C(=O)OCCN1CCNC1=O. The molecule has 8 nitrogen and oxygen atoms in total. The number of urea groups is 1. The molecule has 0 aliphatic carbocycles. The van der Waals surface area contributed by atoms with E-state index in [9.17, 15) is 14.4 Å². The molecule has 1 saturated heterocycles. The number of hydrogen-bond acceptors (Lipinski definition) is 6. The largest absolute Gasteiger partial charge is 0.461 e. The first-order valence-electron chi connectivity index (χ1n) is 6.21. The van der Waals surface area contributed by atoms with Gasteiger partial charge in [-0.05, 0) is 6.92 Å². The molecule has 20 heavy (non-hydrogen) atoms. The standard InChI is InChI=1S/C12H18N2O6/c1-9(15)8-20-11(17)3-2-10(16)19-7-6-14-5-4-13-12(14)18/h2-3,9,15H,4-8H2,1H3,(H,13,18)/b3-2-. The summed E-state index contributed by atoms with van der Waals surface area (Å²) in [5, 5.41) is 11.5. The van der Waals surface area contributed by atoms with E-state index in [1.54, 1.807) is 0 Å². The summed E-state index contributed by atoms with van der Waals surface area (Å²) in [6.07, 6.45) is 1.10. The number of aliphatic hydroxyl groups excluding tert-OH is 1. The fourth-order valence-corrected chi connectivity index (χ4v) is 1.42. The first kappa shape index (κ1) is 16.0. The van der Waals surface area contributed by atoms with Crippen molar-refractivity contribution in [1.82, 2.24) is 10.2 Å². The molecule has 0 radical (unpaired) electrons. The Labute approximate surface area is 116 Å².